The van der Waals surface area contributed by atoms with Crippen molar-refractivity contribution in [2.24, 2.45) is 0 Å². The van der Waals surface area contributed by atoms with Gasteiger partial charge in [-0.2, -0.15) is 0 Å². The average Bonchev–Trinajstić information content (AvgIpc) is 2.62. The van der Waals surface area contributed by atoms with Gasteiger partial charge in [-0.3, -0.25) is 0 Å². The molecule has 134 valence electrons. The topological polar surface area (TPSA) is 81.4 Å². The number of hydrogen-bond acceptors (Lipinski definition) is 7. The van der Waals surface area contributed by atoms with E-state index in [0.717, 1.165) is 30.3 Å². The third-order valence-electron chi connectivity index (χ3n) is 4.84. The Morgan fingerprint density at radius 2 is 2.04 bits per heavy atom. The lowest BCUT2D eigenvalue weighted by molar-refractivity contribution is -0.183. The Balaban J connectivity index is 2.01. The molecule has 0 aliphatic carbocycles. The quantitative estimate of drug-likeness (QED) is 0.831. The Labute approximate surface area is 144 Å². The highest BCUT2D eigenvalue weighted by Gasteiger charge is 2.30. The van der Waals surface area contributed by atoms with Gasteiger partial charge < -0.3 is 28.6 Å². The zero-order valence-corrected chi connectivity index (χ0v) is 14.3. The Bertz CT molecular complexity index is 868. The molecule has 0 saturated carbocycles. The lowest BCUT2D eigenvalue weighted by Gasteiger charge is -2.27. The van der Waals surface area contributed by atoms with Crippen molar-refractivity contribution in [2.45, 2.75) is 25.7 Å². The summed E-state index contributed by atoms with van der Waals surface area (Å²) in [6.45, 7) is 2.43. The second-order valence-corrected chi connectivity index (χ2v) is 6.48. The SMILES string of the molecule is COc1cc2c3c(c(=O)oc2c(C2OCCCO2)c1O)CN(C)CC3. The van der Waals surface area contributed by atoms with Crippen LogP contribution >= 0.6 is 0 Å². The second-order valence-electron chi connectivity index (χ2n) is 6.48. The normalized spacial score (nSPS) is 19.1. The monoisotopic (exact) mass is 347 g/mol. The molecule has 1 saturated heterocycles. The number of phenolic OH excluding ortho intramolecular Hbond substituents is 1. The van der Waals surface area contributed by atoms with Crippen molar-refractivity contribution < 1.29 is 23.7 Å². The molecule has 7 nitrogen and oxygen atoms in total. The predicted molar refractivity (Wildman–Crippen MR) is 90.0 cm³/mol. The number of rotatable bonds is 2. The highest BCUT2D eigenvalue weighted by Crippen LogP contribution is 2.43. The number of fused-ring (bicyclic) bond motifs is 3. The Hall–Kier alpha value is -2.09. The van der Waals surface area contributed by atoms with E-state index in [1.54, 1.807) is 6.07 Å². The van der Waals surface area contributed by atoms with Crippen molar-refractivity contribution in [3.05, 3.63) is 33.2 Å². The molecular weight excluding hydrogens is 326 g/mol. The van der Waals surface area contributed by atoms with Gasteiger partial charge in [0.15, 0.2) is 23.4 Å². The van der Waals surface area contributed by atoms with Crippen molar-refractivity contribution in [3.63, 3.8) is 0 Å². The summed E-state index contributed by atoms with van der Waals surface area (Å²) in [6.07, 6.45) is 0.734. The molecule has 1 fully saturated rings. The minimum atomic E-state index is -0.779. The molecule has 0 atom stereocenters. The fourth-order valence-electron chi connectivity index (χ4n) is 3.55. The Kier molecular flexibility index (Phi) is 4.15. The smallest absolute Gasteiger partial charge is 0.341 e. The van der Waals surface area contributed by atoms with E-state index in [0.29, 0.717) is 42.2 Å². The number of ether oxygens (including phenoxy) is 3. The summed E-state index contributed by atoms with van der Waals surface area (Å²) in [4.78, 5) is 14.6. The molecule has 2 aromatic rings. The van der Waals surface area contributed by atoms with Crippen molar-refractivity contribution in [1.82, 2.24) is 4.90 Å². The average molecular weight is 347 g/mol. The molecule has 0 spiro atoms. The minimum absolute atomic E-state index is 0.113. The van der Waals surface area contributed by atoms with Crippen LogP contribution in [0.15, 0.2) is 15.3 Å². The first kappa shape index (κ1) is 16.4. The van der Waals surface area contributed by atoms with Crippen molar-refractivity contribution in [3.8, 4) is 11.5 Å². The maximum Gasteiger partial charge on any atom is 0.341 e. The first-order valence-electron chi connectivity index (χ1n) is 8.40. The summed E-state index contributed by atoms with van der Waals surface area (Å²) in [5, 5.41) is 11.4. The van der Waals surface area contributed by atoms with Crippen LogP contribution in [-0.2, 0) is 22.4 Å². The molecule has 7 heteroatoms. The van der Waals surface area contributed by atoms with Gasteiger partial charge in [0.25, 0.3) is 0 Å². The van der Waals surface area contributed by atoms with Gasteiger partial charge in [-0.25, -0.2) is 4.79 Å². The molecule has 2 aliphatic rings. The van der Waals surface area contributed by atoms with E-state index in [1.165, 1.54) is 7.11 Å². The van der Waals surface area contributed by atoms with E-state index in [1.807, 2.05) is 7.05 Å². The van der Waals surface area contributed by atoms with Crippen LogP contribution in [-0.4, -0.2) is 43.9 Å². The summed E-state index contributed by atoms with van der Waals surface area (Å²) in [6, 6.07) is 1.73. The molecule has 0 radical (unpaired) electrons. The van der Waals surface area contributed by atoms with Crippen molar-refractivity contribution in [1.29, 1.82) is 0 Å². The van der Waals surface area contributed by atoms with E-state index in [-0.39, 0.29) is 11.4 Å². The first-order chi connectivity index (χ1) is 12.1. The minimum Gasteiger partial charge on any atom is -0.504 e. The van der Waals surface area contributed by atoms with Gasteiger partial charge in [0.1, 0.15) is 0 Å². The number of methoxy groups -OCH3 is 1. The molecule has 0 amide bonds. The Morgan fingerprint density at radius 3 is 2.76 bits per heavy atom. The lowest BCUT2D eigenvalue weighted by Crippen LogP contribution is -2.31. The maximum absolute atomic E-state index is 12.5. The van der Waals surface area contributed by atoms with Gasteiger partial charge in [0.05, 0.1) is 31.5 Å². The zero-order valence-electron chi connectivity index (χ0n) is 14.3. The number of benzene rings is 1. The maximum atomic E-state index is 12.5. The molecule has 0 bridgehead atoms. The zero-order chi connectivity index (χ0) is 17.6. The van der Waals surface area contributed by atoms with Crippen LogP contribution < -0.4 is 10.4 Å². The molecule has 4 rings (SSSR count). The fraction of sp³-hybridized carbons (Fsp3) is 0.500. The van der Waals surface area contributed by atoms with Gasteiger partial charge >= 0.3 is 5.63 Å². The number of hydrogen-bond donors (Lipinski definition) is 1. The lowest BCUT2D eigenvalue weighted by atomic mass is 9.95. The third-order valence-corrected chi connectivity index (χ3v) is 4.84. The highest BCUT2D eigenvalue weighted by atomic mass is 16.7. The third kappa shape index (κ3) is 2.68. The van der Waals surface area contributed by atoms with Gasteiger partial charge in [-0.1, -0.05) is 0 Å². The number of likely N-dealkylation sites (N-methyl/N-ethyl adjacent to an activating group) is 1. The molecule has 2 aliphatic heterocycles. The van der Waals surface area contributed by atoms with Crippen LogP contribution in [0.2, 0.25) is 0 Å². The van der Waals surface area contributed by atoms with E-state index < -0.39 is 6.29 Å². The van der Waals surface area contributed by atoms with Crippen LogP contribution in [0.4, 0.5) is 0 Å². The van der Waals surface area contributed by atoms with Gasteiger partial charge in [0, 0.05) is 18.5 Å². The summed E-state index contributed by atoms with van der Waals surface area (Å²) in [7, 11) is 3.46. The molecule has 0 unspecified atom stereocenters. The molecule has 1 N–H and O–H groups in total. The van der Waals surface area contributed by atoms with E-state index in [2.05, 4.69) is 4.90 Å². The van der Waals surface area contributed by atoms with E-state index in [4.69, 9.17) is 18.6 Å². The van der Waals surface area contributed by atoms with Gasteiger partial charge in [-0.05, 0) is 31.5 Å². The molecule has 1 aromatic heterocycles. The summed E-state index contributed by atoms with van der Waals surface area (Å²) in [5.74, 6) is 0.202. The standard InChI is InChI=1S/C18H21NO6/c1-19-5-4-10-11-8-13(22-2)15(20)14(18-23-6-3-7-24-18)16(11)25-17(21)12(10)9-19/h8,18,20H,3-7,9H2,1-2H3. The van der Waals surface area contributed by atoms with Gasteiger partial charge in [0.2, 0.25) is 0 Å². The molecular formula is C18H21NO6. The number of phenols is 1. The number of aromatic hydroxyl groups is 1. The molecule has 3 heterocycles. The second kappa shape index (κ2) is 6.33. The van der Waals surface area contributed by atoms with Crippen LogP contribution in [0.5, 0.6) is 11.5 Å². The molecule has 25 heavy (non-hydrogen) atoms. The van der Waals surface area contributed by atoms with Crippen molar-refractivity contribution in [2.75, 3.05) is 33.9 Å². The van der Waals surface area contributed by atoms with Crippen LogP contribution in [0.3, 0.4) is 0 Å². The van der Waals surface area contributed by atoms with Crippen LogP contribution in [0.25, 0.3) is 11.0 Å². The van der Waals surface area contributed by atoms with Crippen LogP contribution in [0.1, 0.15) is 29.4 Å². The van der Waals surface area contributed by atoms with Gasteiger partial charge in [-0.15, -0.1) is 0 Å². The summed E-state index contributed by atoms with van der Waals surface area (Å²) >= 11 is 0. The van der Waals surface area contributed by atoms with Crippen LogP contribution in [0, 0.1) is 0 Å². The highest BCUT2D eigenvalue weighted by molar-refractivity contribution is 5.88. The number of nitrogens with zero attached hydrogens (tertiary/aromatic N) is 1. The van der Waals surface area contributed by atoms with E-state index in [9.17, 15) is 9.90 Å². The Morgan fingerprint density at radius 1 is 1.28 bits per heavy atom. The fourth-order valence-corrected chi connectivity index (χ4v) is 3.55. The first-order valence-corrected chi connectivity index (χ1v) is 8.40. The predicted octanol–water partition coefficient (Wildman–Crippen LogP) is 1.93. The summed E-state index contributed by atoms with van der Waals surface area (Å²) in [5.41, 5.74) is 1.87. The summed E-state index contributed by atoms with van der Waals surface area (Å²) < 4.78 is 22.2. The molecule has 1 aromatic carbocycles. The largest absolute Gasteiger partial charge is 0.504 e. The van der Waals surface area contributed by atoms with E-state index >= 15 is 0 Å². The van der Waals surface area contributed by atoms with Crippen molar-refractivity contribution >= 4 is 11.0 Å².